The summed E-state index contributed by atoms with van der Waals surface area (Å²) < 4.78 is 30.5. The summed E-state index contributed by atoms with van der Waals surface area (Å²) in [5.41, 5.74) is 0.327. The molecular weight excluding hydrogens is 342 g/mol. The van der Waals surface area contributed by atoms with Gasteiger partial charge in [0.1, 0.15) is 5.75 Å². The third-order valence-corrected chi connectivity index (χ3v) is 4.25. The number of urea groups is 1. The Balaban J connectivity index is 2.91. The summed E-state index contributed by atoms with van der Waals surface area (Å²) in [6.07, 6.45) is 1.08. The number of hydrogen-bond donors (Lipinski definition) is 2. The number of sulfonamides is 1. The highest BCUT2D eigenvalue weighted by molar-refractivity contribution is 7.92. The van der Waals surface area contributed by atoms with Gasteiger partial charge in [0.15, 0.2) is 0 Å². The summed E-state index contributed by atoms with van der Waals surface area (Å²) in [6.45, 7) is 3.86. The van der Waals surface area contributed by atoms with Gasteiger partial charge in [0, 0.05) is 17.6 Å². The first-order valence-electron chi connectivity index (χ1n) is 7.00. The number of rotatable bonds is 7. The van der Waals surface area contributed by atoms with Gasteiger partial charge in [0.25, 0.3) is 0 Å². The molecule has 2 amide bonds. The fourth-order valence-corrected chi connectivity index (χ4v) is 3.00. The van der Waals surface area contributed by atoms with Gasteiger partial charge < -0.3 is 15.4 Å². The number of carbonyl (C=O) groups excluding carboxylic acids is 1. The van der Waals surface area contributed by atoms with E-state index in [2.05, 4.69) is 10.6 Å². The molecule has 0 saturated heterocycles. The molecule has 0 fully saturated rings. The number of nitrogens with one attached hydrogen (secondary N) is 2. The lowest BCUT2D eigenvalue weighted by Gasteiger charge is -2.24. The van der Waals surface area contributed by atoms with Crippen LogP contribution in [0.1, 0.15) is 13.8 Å². The predicted molar refractivity (Wildman–Crippen MR) is 91.9 cm³/mol. The summed E-state index contributed by atoms with van der Waals surface area (Å²) in [6, 6.07) is 4.35. The molecule has 0 atom stereocenters. The zero-order valence-corrected chi connectivity index (χ0v) is 15.2. The lowest BCUT2D eigenvalue weighted by molar-refractivity contribution is 0.239. The number of methoxy groups -OCH3 is 1. The molecule has 130 valence electrons. The summed E-state index contributed by atoms with van der Waals surface area (Å²) in [5, 5.41) is 5.66. The van der Waals surface area contributed by atoms with Crippen LogP contribution in [0.2, 0.25) is 5.02 Å². The largest absolute Gasteiger partial charge is 0.495 e. The Morgan fingerprint density at radius 3 is 2.57 bits per heavy atom. The fraction of sp³-hybridized carbons (Fsp3) is 0.500. The van der Waals surface area contributed by atoms with Crippen LogP contribution >= 0.6 is 11.6 Å². The Hall–Kier alpha value is -1.67. The SMILES string of the molecule is COc1ccc(Cl)cc1N(CCNC(=O)NC(C)C)S(C)(=O)=O. The van der Waals surface area contributed by atoms with Crippen molar-refractivity contribution < 1.29 is 17.9 Å². The average Bonchev–Trinajstić information content (AvgIpc) is 2.41. The maximum Gasteiger partial charge on any atom is 0.315 e. The highest BCUT2D eigenvalue weighted by Gasteiger charge is 2.21. The standard InChI is InChI=1S/C14H22ClN3O4S/c1-10(2)17-14(19)16-7-8-18(23(4,20)21)12-9-11(15)5-6-13(12)22-3/h5-6,9-10H,7-8H2,1-4H3,(H2,16,17,19). The molecule has 0 aliphatic heterocycles. The first kappa shape index (κ1) is 19.4. The quantitative estimate of drug-likeness (QED) is 0.773. The Bertz CT molecular complexity index is 649. The van der Waals surface area contributed by atoms with E-state index in [0.717, 1.165) is 10.6 Å². The van der Waals surface area contributed by atoms with Crippen LogP contribution in [0, 0.1) is 0 Å². The summed E-state index contributed by atoms with van der Waals surface area (Å²) in [4.78, 5) is 11.6. The Kier molecular flexibility index (Phi) is 6.96. The smallest absolute Gasteiger partial charge is 0.315 e. The lowest BCUT2D eigenvalue weighted by atomic mass is 10.3. The van der Waals surface area contributed by atoms with E-state index < -0.39 is 10.0 Å². The zero-order valence-electron chi connectivity index (χ0n) is 13.6. The van der Waals surface area contributed by atoms with Crippen LogP contribution in [-0.2, 0) is 10.0 Å². The molecule has 0 radical (unpaired) electrons. The minimum atomic E-state index is -3.57. The summed E-state index contributed by atoms with van der Waals surface area (Å²) in [7, 11) is -2.12. The minimum Gasteiger partial charge on any atom is -0.495 e. The Labute approximate surface area is 142 Å². The Morgan fingerprint density at radius 1 is 1.39 bits per heavy atom. The highest BCUT2D eigenvalue weighted by Crippen LogP contribution is 2.32. The van der Waals surface area contributed by atoms with Crippen LogP contribution in [-0.4, -0.2) is 46.9 Å². The topological polar surface area (TPSA) is 87.7 Å². The molecule has 0 unspecified atom stereocenters. The van der Waals surface area contributed by atoms with Gasteiger partial charge >= 0.3 is 6.03 Å². The minimum absolute atomic E-state index is 0.00552. The average molecular weight is 364 g/mol. The lowest BCUT2D eigenvalue weighted by Crippen LogP contribution is -2.44. The van der Waals surface area contributed by atoms with Gasteiger partial charge in [-0.1, -0.05) is 11.6 Å². The van der Waals surface area contributed by atoms with E-state index in [-0.39, 0.29) is 25.2 Å². The molecule has 23 heavy (non-hydrogen) atoms. The van der Waals surface area contributed by atoms with Gasteiger partial charge in [-0.05, 0) is 32.0 Å². The van der Waals surface area contributed by atoms with Crippen molar-refractivity contribution in [3.8, 4) is 5.75 Å². The van der Waals surface area contributed by atoms with E-state index in [1.807, 2.05) is 13.8 Å². The number of benzene rings is 1. The molecule has 9 heteroatoms. The van der Waals surface area contributed by atoms with Crippen molar-refractivity contribution in [3.05, 3.63) is 23.2 Å². The van der Waals surface area contributed by atoms with Gasteiger partial charge in [-0.25, -0.2) is 13.2 Å². The van der Waals surface area contributed by atoms with Crippen molar-refractivity contribution in [1.29, 1.82) is 0 Å². The molecule has 0 bridgehead atoms. The summed E-state index contributed by atoms with van der Waals surface area (Å²) >= 11 is 5.95. The van der Waals surface area contributed by atoms with Crippen molar-refractivity contribution in [2.45, 2.75) is 19.9 Å². The van der Waals surface area contributed by atoms with Crippen molar-refractivity contribution >= 4 is 33.3 Å². The molecule has 0 aliphatic rings. The van der Waals surface area contributed by atoms with Gasteiger partial charge in [0.2, 0.25) is 10.0 Å². The monoisotopic (exact) mass is 363 g/mol. The molecule has 1 aromatic carbocycles. The molecule has 7 nitrogen and oxygen atoms in total. The first-order valence-corrected chi connectivity index (χ1v) is 9.23. The van der Waals surface area contributed by atoms with Crippen LogP contribution in [0.5, 0.6) is 5.75 Å². The normalized spacial score (nSPS) is 11.2. The number of nitrogens with zero attached hydrogens (tertiary/aromatic N) is 1. The molecule has 1 rings (SSSR count). The van der Waals surface area contributed by atoms with Gasteiger partial charge in [-0.3, -0.25) is 4.31 Å². The second kappa shape index (κ2) is 8.26. The van der Waals surface area contributed by atoms with Crippen LogP contribution in [0.25, 0.3) is 0 Å². The van der Waals surface area contributed by atoms with Crippen LogP contribution < -0.4 is 19.7 Å². The van der Waals surface area contributed by atoms with E-state index in [1.54, 1.807) is 12.1 Å². The van der Waals surface area contributed by atoms with E-state index in [1.165, 1.54) is 13.2 Å². The number of halogens is 1. The third-order valence-electron chi connectivity index (χ3n) is 2.83. The fourth-order valence-electron chi connectivity index (χ4n) is 1.91. The van der Waals surface area contributed by atoms with Gasteiger partial charge in [-0.2, -0.15) is 0 Å². The van der Waals surface area contributed by atoms with E-state index in [9.17, 15) is 13.2 Å². The molecule has 2 N–H and O–H groups in total. The molecule has 0 spiro atoms. The van der Waals surface area contributed by atoms with E-state index in [0.29, 0.717) is 16.5 Å². The number of amides is 2. The highest BCUT2D eigenvalue weighted by atomic mass is 35.5. The predicted octanol–water partition coefficient (Wildman–Crippen LogP) is 1.82. The van der Waals surface area contributed by atoms with Crippen molar-refractivity contribution in [1.82, 2.24) is 10.6 Å². The molecular formula is C14H22ClN3O4S. The second-order valence-electron chi connectivity index (χ2n) is 5.21. The van der Waals surface area contributed by atoms with Gasteiger partial charge in [-0.15, -0.1) is 0 Å². The van der Waals surface area contributed by atoms with Crippen molar-refractivity contribution in [3.63, 3.8) is 0 Å². The van der Waals surface area contributed by atoms with Crippen LogP contribution in [0.3, 0.4) is 0 Å². The first-order chi connectivity index (χ1) is 10.6. The summed E-state index contributed by atoms with van der Waals surface area (Å²) in [5.74, 6) is 0.381. The van der Waals surface area contributed by atoms with E-state index in [4.69, 9.17) is 16.3 Å². The molecule has 0 aromatic heterocycles. The maximum absolute atomic E-state index is 12.1. The third kappa shape index (κ3) is 6.15. The van der Waals surface area contributed by atoms with Crippen LogP contribution in [0.4, 0.5) is 10.5 Å². The van der Waals surface area contributed by atoms with Crippen molar-refractivity contribution in [2.75, 3.05) is 30.8 Å². The molecule has 0 heterocycles. The zero-order chi connectivity index (χ0) is 17.6. The number of ether oxygens (including phenoxy) is 1. The molecule has 1 aromatic rings. The second-order valence-corrected chi connectivity index (χ2v) is 7.55. The van der Waals surface area contributed by atoms with E-state index >= 15 is 0 Å². The molecule has 0 aliphatic carbocycles. The van der Waals surface area contributed by atoms with Crippen molar-refractivity contribution in [2.24, 2.45) is 0 Å². The maximum atomic E-state index is 12.1. The number of anilines is 1. The number of carbonyl (C=O) groups is 1. The molecule has 0 saturated carbocycles. The van der Waals surface area contributed by atoms with Gasteiger partial charge in [0.05, 0.1) is 25.6 Å². The number of hydrogen-bond acceptors (Lipinski definition) is 4. The Morgan fingerprint density at radius 2 is 2.04 bits per heavy atom. The van der Waals surface area contributed by atoms with Crippen LogP contribution in [0.15, 0.2) is 18.2 Å².